The van der Waals surface area contributed by atoms with Gasteiger partial charge < -0.3 is 0 Å². The van der Waals surface area contributed by atoms with E-state index in [9.17, 15) is 0 Å². The van der Waals surface area contributed by atoms with Crippen LogP contribution >= 0.6 is 45.2 Å². The van der Waals surface area contributed by atoms with Crippen LogP contribution in [-0.4, -0.2) is 0 Å². The Morgan fingerprint density at radius 3 is 1.44 bits per heavy atom. The van der Waals surface area contributed by atoms with E-state index >= 15 is 0 Å². The third-order valence-electron chi connectivity index (χ3n) is 2.74. The van der Waals surface area contributed by atoms with Crippen LogP contribution in [0.4, 0.5) is 0 Å². The second kappa shape index (κ2) is 4.14. The Morgan fingerprint density at radius 1 is 0.562 bits per heavy atom. The summed E-state index contributed by atoms with van der Waals surface area (Å²) in [7, 11) is 0. The molecule has 0 aliphatic rings. The van der Waals surface area contributed by atoms with Crippen LogP contribution in [0.3, 0.4) is 0 Å². The van der Waals surface area contributed by atoms with Gasteiger partial charge in [0, 0.05) is 7.14 Å². The second-order valence-electron chi connectivity index (χ2n) is 3.81. The summed E-state index contributed by atoms with van der Waals surface area (Å²) in [6.45, 7) is 0. The predicted molar refractivity (Wildman–Crippen MR) is 86.9 cm³/mol. The fraction of sp³-hybridized carbons (Fsp3) is 0. The van der Waals surface area contributed by atoms with E-state index in [1.165, 1.54) is 28.7 Å². The maximum absolute atomic E-state index is 2.39. The Hall–Kier alpha value is -0.360. The van der Waals surface area contributed by atoms with Gasteiger partial charge in [-0.15, -0.1) is 0 Å². The van der Waals surface area contributed by atoms with Crippen LogP contribution in [0.5, 0.6) is 0 Å². The third kappa shape index (κ3) is 1.82. The zero-order valence-electron chi connectivity index (χ0n) is 8.37. The Balaban J connectivity index is 2.46. The Morgan fingerprint density at radius 2 is 1.00 bits per heavy atom. The molecule has 3 aromatic rings. The summed E-state index contributed by atoms with van der Waals surface area (Å²) in [5.74, 6) is 0. The molecule has 2 heteroatoms. The Bertz CT molecular complexity index is 627. The van der Waals surface area contributed by atoms with Crippen LogP contribution in [-0.2, 0) is 0 Å². The molecule has 0 fully saturated rings. The smallest absolute Gasteiger partial charge is 0.0270 e. The normalized spacial score (nSPS) is 11.1. The molecule has 0 aliphatic heterocycles. The lowest BCUT2D eigenvalue weighted by atomic mass is 10.0. The minimum atomic E-state index is 1.31. The molecule has 0 heterocycles. The van der Waals surface area contributed by atoms with Crippen molar-refractivity contribution in [2.75, 3.05) is 0 Å². The van der Waals surface area contributed by atoms with Gasteiger partial charge in [0.15, 0.2) is 0 Å². The zero-order valence-corrected chi connectivity index (χ0v) is 12.7. The van der Waals surface area contributed by atoms with E-state index < -0.39 is 0 Å². The Kier molecular flexibility index (Phi) is 2.79. The standard InChI is InChI=1S/C14H8I2/c15-13-7-11-5-9-3-1-2-4-10(9)6-12(11)8-14(13)16/h1-8H. The van der Waals surface area contributed by atoms with Crippen LogP contribution < -0.4 is 0 Å². The van der Waals surface area contributed by atoms with Crippen molar-refractivity contribution in [3.05, 3.63) is 55.7 Å². The minimum Gasteiger partial charge on any atom is -0.0616 e. The van der Waals surface area contributed by atoms with E-state index in [2.05, 4.69) is 93.7 Å². The second-order valence-corrected chi connectivity index (χ2v) is 6.14. The van der Waals surface area contributed by atoms with Crippen LogP contribution in [0.2, 0.25) is 0 Å². The molecule has 0 aliphatic carbocycles. The highest BCUT2D eigenvalue weighted by Crippen LogP contribution is 2.27. The first-order valence-electron chi connectivity index (χ1n) is 5.01. The average Bonchev–Trinajstić information content (AvgIpc) is 2.28. The van der Waals surface area contributed by atoms with Crippen molar-refractivity contribution >= 4 is 66.7 Å². The molecule has 0 aromatic heterocycles. The highest BCUT2D eigenvalue weighted by atomic mass is 127. The van der Waals surface area contributed by atoms with E-state index in [0.717, 1.165) is 0 Å². The fourth-order valence-electron chi connectivity index (χ4n) is 1.94. The van der Waals surface area contributed by atoms with Crippen LogP contribution in [0.1, 0.15) is 0 Å². The van der Waals surface area contributed by atoms with Gasteiger partial charge in [0.25, 0.3) is 0 Å². The number of rotatable bonds is 0. The van der Waals surface area contributed by atoms with E-state index in [1.54, 1.807) is 0 Å². The molecule has 78 valence electrons. The van der Waals surface area contributed by atoms with Crippen LogP contribution in [0, 0.1) is 7.14 Å². The number of hydrogen-bond acceptors (Lipinski definition) is 0. The molecule has 0 nitrogen and oxygen atoms in total. The molecule has 0 unspecified atom stereocenters. The highest BCUT2D eigenvalue weighted by molar-refractivity contribution is 14.1. The number of halogens is 2. The summed E-state index contributed by atoms with van der Waals surface area (Å²) < 4.78 is 2.64. The average molecular weight is 430 g/mol. The molecule has 0 spiro atoms. The lowest BCUT2D eigenvalue weighted by Gasteiger charge is -2.04. The topological polar surface area (TPSA) is 0 Å². The summed E-state index contributed by atoms with van der Waals surface area (Å²) in [5.41, 5.74) is 0. The van der Waals surface area contributed by atoms with Crippen molar-refractivity contribution < 1.29 is 0 Å². The third-order valence-corrected chi connectivity index (χ3v) is 5.56. The molecule has 3 aromatic carbocycles. The van der Waals surface area contributed by atoms with E-state index in [0.29, 0.717) is 0 Å². The van der Waals surface area contributed by atoms with Crippen molar-refractivity contribution in [3.63, 3.8) is 0 Å². The first-order valence-corrected chi connectivity index (χ1v) is 7.17. The number of benzene rings is 3. The van der Waals surface area contributed by atoms with Gasteiger partial charge in [0.1, 0.15) is 0 Å². The zero-order chi connectivity index (χ0) is 11.1. The monoisotopic (exact) mass is 430 g/mol. The number of hydrogen-bond donors (Lipinski definition) is 0. The summed E-state index contributed by atoms with van der Waals surface area (Å²) >= 11 is 4.78. The summed E-state index contributed by atoms with van der Waals surface area (Å²) in [6.07, 6.45) is 0. The van der Waals surface area contributed by atoms with E-state index in [1.807, 2.05) is 0 Å². The highest BCUT2D eigenvalue weighted by Gasteiger charge is 2.01. The molecule has 0 saturated heterocycles. The quantitative estimate of drug-likeness (QED) is 0.340. The lowest BCUT2D eigenvalue weighted by molar-refractivity contribution is 1.65. The van der Waals surface area contributed by atoms with Gasteiger partial charge in [0.05, 0.1) is 0 Å². The molecule has 3 rings (SSSR count). The van der Waals surface area contributed by atoms with Gasteiger partial charge in [-0.2, -0.15) is 0 Å². The van der Waals surface area contributed by atoms with Crippen molar-refractivity contribution in [1.82, 2.24) is 0 Å². The molecular weight excluding hydrogens is 422 g/mol. The van der Waals surface area contributed by atoms with Crippen LogP contribution in [0.15, 0.2) is 48.5 Å². The van der Waals surface area contributed by atoms with Crippen molar-refractivity contribution in [3.8, 4) is 0 Å². The Labute approximate surface area is 121 Å². The van der Waals surface area contributed by atoms with Gasteiger partial charge in [0.2, 0.25) is 0 Å². The maximum atomic E-state index is 2.39. The summed E-state index contributed by atoms with van der Waals surface area (Å²) in [4.78, 5) is 0. The van der Waals surface area contributed by atoms with Crippen molar-refractivity contribution in [1.29, 1.82) is 0 Å². The molecule has 0 bridgehead atoms. The maximum Gasteiger partial charge on any atom is 0.0270 e. The minimum absolute atomic E-state index is 1.31. The lowest BCUT2D eigenvalue weighted by Crippen LogP contribution is -1.82. The SMILES string of the molecule is Ic1cc2cc3ccccc3cc2cc1I. The van der Waals surface area contributed by atoms with Gasteiger partial charge >= 0.3 is 0 Å². The molecule has 0 radical (unpaired) electrons. The molecule has 0 amide bonds. The number of fused-ring (bicyclic) bond motifs is 2. The van der Waals surface area contributed by atoms with Crippen molar-refractivity contribution in [2.24, 2.45) is 0 Å². The van der Waals surface area contributed by atoms with Crippen molar-refractivity contribution in [2.45, 2.75) is 0 Å². The van der Waals surface area contributed by atoms with Gasteiger partial charge in [-0.25, -0.2) is 0 Å². The fourth-order valence-corrected chi connectivity index (χ4v) is 2.92. The molecule has 0 saturated carbocycles. The molecule has 16 heavy (non-hydrogen) atoms. The first-order chi connectivity index (χ1) is 7.74. The largest absolute Gasteiger partial charge is 0.0616 e. The van der Waals surface area contributed by atoms with Gasteiger partial charge in [-0.05, 0) is 91.0 Å². The predicted octanol–water partition coefficient (Wildman–Crippen LogP) is 5.20. The molecule has 0 atom stereocenters. The first kappa shape index (κ1) is 10.8. The van der Waals surface area contributed by atoms with Gasteiger partial charge in [-0.3, -0.25) is 0 Å². The van der Waals surface area contributed by atoms with E-state index in [4.69, 9.17) is 0 Å². The summed E-state index contributed by atoms with van der Waals surface area (Å²) in [5, 5.41) is 5.27. The van der Waals surface area contributed by atoms with E-state index in [-0.39, 0.29) is 0 Å². The molecule has 0 N–H and O–H groups in total. The molecular formula is C14H8I2. The van der Waals surface area contributed by atoms with Crippen LogP contribution in [0.25, 0.3) is 21.5 Å². The summed E-state index contributed by atoms with van der Waals surface area (Å²) in [6, 6.07) is 17.6. The van der Waals surface area contributed by atoms with Gasteiger partial charge in [-0.1, -0.05) is 24.3 Å².